The van der Waals surface area contributed by atoms with Gasteiger partial charge in [-0.1, -0.05) is 24.6 Å². The average molecular weight is 718 g/mol. The summed E-state index contributed by atoms with van der Waals surface area (Å²) in [5.74, 6) is -4.92. The number of rotatable bonds is 9. The largest absolute Gasteiger partial charge is 0.480 e. The van der Waals surface area contributed by atoms with Gasteiger partial charge in [-0.2, -0.15) is 13.2 Å². The minimum absolute atomic E-state index is 0.0403. The van der Waals surface area contributed by atoms with E-state index < -0.39 is 58.9 Å². The number of amides is 2. The van der Waals surface area contributed by atoms with Crippen molar-refractivity contribution in [3.63, 3.8) is 0 Å². The quantitative estimate of drug-likeness (QED) is 0.294. The number of hydrogen-bond donors (Lipinski definition) is 2. The first-order valence-electron chi connectivity index (χ1n) is 15.9. The second-order valence-electron chi connectivity index (χ2n) is 13.2. The van der Waals surface area contributed by atoms with E-state index in [4.69, 9.17) is 16.3 Å². The van der Waals surface area contributed by atoms with Gasteiger partial charge in [0.15, 0.2) is 11.6 Å². The zero-order chi connectivity index (χ0) is 36.3. The number of carbonyl (C=O) groups is 3. The Bertz CT molecular complexity index is 1550. The molecular formula is C33H41ClF5N5O5. The Hall–Kier alpha value is -3.69. The van der Waals surface area contributed by atoms with Crippen LogP contribution in [0.25, 0.3) is 0 Å². The van der Waals surface area contributed by atoms with Gasteiger partial charge in [-0.3, -0.25) is 19.4 Å². The predicted molar refractivity (Wildman–Crippen MR) is 174 cm³/mol. The molecule has 2 fully saturated rings. The predicted octanol–water partition coefficient (Wildman–Crippen LogP) is 6.23. The van der Waals surface area contributed by atoms with E-state index in [-0.39, 0.29) is 50.4 Å². The SMILES string of the molecule is CCC1(C(=O)O)CN(C(=O)OC(C)(C)C)CCN1Cc1ccc(C(=O)Nc2ccc(Cl)cc2N2CCN(CCC(F)(F)F)CC2)c(F)c1F. The molecule has 0 aromatic heterocycles. The second kappa shape index (κ2) is 15.1. The number of carboxylic acid groups (broad SMARTS) is 1. The highest BCUT2D eigenvalue weighted by Gasteiger charge is 2.49. The summed E-state index contributed by atoms with van der Waals surface area (Å²) in [4.78, 5) is 44.9. The van der Waals surface area contributed by atoms with E-state index in [1.807, 2.05) is 4.90 Å². The summed E-state index contributed by atoms with van der Waals surface area (Å²) in [7, 11) is 0. The fraction of sp³-hybridized carbons (Fsp3) is 0.545. The average Bonchev–Trinajstić information content (AvgIpc) is 3.02. The van der Waals surface area contributed by atoms with Crippen LogP contribution in [0.3, 0.4) is 0 Å². The van der Waals surface area contributed by atoms with Gasteiger partial charge in [0, 0.05) is 62.9 Å². The maximum Gasteiger partial charge on any atom is 0.410 e. The summed E-state index contributed by atoms with van der Waals surface area (Å²) in [5, 5.41) is 13.2. The fourth-order valence-electron chi connectivity index (χ4n) is 6.00. The van der Waals surface area contributed by atoms with E-state index in [9.17, 15) is 32.7 Å². The van der Waals surface area contributed by atoms with Crippen LogP contribution in [0.5, 0.6) is 0 Å². The van der Waals surface area contributed by atoms with Crippen LogP contribution in [0.1, 0.15) is 56.5 Å². The summed E-state index contributed by atoms with van der Waals surface area (Å²) in [6.45, 7) is 7.56. The highest BCUT2D eigenvalue weighted by atomic mass is 35.5. The third-order valence-electron chi connectivity index (χ3n) is 8.73. The number of aliphatic carboxylic acids is 1. The number of carbonyl (C=O) groups excluding carboxylic acids is 2. The van der Waals surface area contributed by atoms with Gasteiger partial charge in [-0.05, 0) is 51.5 Å². The summed E-state index contributed by atoms with van der Waals surface area (Å²) in [6, 6.07) is 6.92. The number of hydrogen-bond acceptors (Lipinski definition) is 7. The van der Waals surface area contributed by atoms with Crippen molar-refractivity contribution in [3.8, 4) is 0 Å². The van der Waals surface area contributed by atoms with Crippen LogP contribution in [0.15, 0.2) is 30.3 Å². The van der Waals surface area contributed by atoms with Crippen LogP contribution in [0, 0.1) is 11.6 Å². The van der Waals surface area contributed by atoms with Gasteiger partial charge in [0.2, 0.25) is 0 Å². The molecule has 0 radical (unpaired) electrons. The van der Waals surface area contributed by atoms with Gasteiger partial charge in [0.05, 0.1) is 29.9 Å². The van der Waals surface area contributed by atoms with Crippen LogP contribution >= 0.6 is 11.6 Å². The fourth-order valence-corrected chi connectivity index (χ4v) is 6.17. The Morgan fingerprint density at radius 3 is 2.24 bits per heavy atom. The Morgan fingerprint density at radius 1 is 0.980 bits per heavy atom. The van der Waals surface area contributed by atoms with E-state index in [0.717, 1.165) is 6.07 Å². The zero-order valence-electron chi connectivity index (χ0n) is 27.8. The van der Waals surface area contributed by atoms with Crippen molar-refractivity contribution < 1.29 is 46.2 Å². The lowest BCUT2D eigenvalue weighted by molar-refractivity contribution is -0.157. The van der Waals surface area contributed by atoms with E-state index in [1.165, 1.54) is 28.0 Å². The zero-order valence-corrected chi connectivity index (χ0v) is 28.6. The van der Waals surface area contributed by atoms with Crippen LogP contribution in [0.2, 0.25) is 5.02 Å². The van der Waals surface area contributed by atoms with E-state index in [2.05, 4.69) is 5.32 Å². The second-order valence-corrected chi connectivity index (χ2v) is 13.7. The van der Waals surface area contributed by atoms with Crippen molar-refractivity contribution in [1.29, 1.82) is 0 Å². The molecule has 4 rings (SSSR count). The van der Waals surface area contributed by atoms with Crippen LogP contribution in [0.4, 0.5) is 38.1 Å². The number of halogens is 6. The first-order valence-corrected chi connectivity index (χ1v) is 16.3. The number of carboxylic acids is 1. The minimum atomic E-state index is -4.26. The molecule has 16 heteroatoms. The van der Waals surface area contributed by atoms with Crippen LogP contribution in [-0.4, -0.2) is 107 Å². The van der Waals surface area contributed by atoms with Gasteiger partial charge in [0.1, 0.15) is 11.1 Å². The summed E-state index contributed by atoms with van der Waals surface area (Å²) < 4.78 is 74.4. The Labute approximate surface area is 286 Å². The summed E-state index contributed by atoms with van der Waals surface area (Å²) >= 11 is 6.21. The molecule has 10 nitrogen and oxygen atoms in total. The van der Waals surface area contributed by atoms with Crippen LogP contribution < -0.4 is 10.2 Å². The molecule has 0 aliphatic carbocycles. The molecular weight excluding hydrogens is 677 g/mol. The molecule has 270 valence electrons. The standard InChI is InChI=1S/C33H41ClF5N5O5/c1-5-32(29(46)47)20-43(30(48)49-31(2,3)4)16-17-44(32)19-21-6-8-23(27(36)26(21)35)28(45)40-24-9-7-22(34)18-25(24)42-14-12-41(13-15-42)11-10-33(37,38)39/h6-9,18H,5,10-17,19-20H2,1-4H3,(H,40,45)(H,46,47). The van der Waals surface area contributed by atoms with Crippen molar-refractivity contribution in [2.24, 2.45) is 0 Å². The third-order valence-corrected chi connectivity index (χ3v) is 8.97. The summed E-state index contributed by atoms with van der Waals surface area (Å²) in [6.07, 6.45) is -5.80. The van der Waals surface area contributed by atoms with Gasteiger partial charge in [-0.25, -0.2) is 13.6 Å². The molecule has 2 heterocycles. The number of anilines is 2. The lowest BCUT2D eigenvalue weighted by Crippen LogP contribution is -2.66. The first-order chi connectivity index (χ1) is 22.8. The topological polar surface area (TPSA) is 106 Å². The maximum absolute atomic E-state index is 15.5. The molecule has 2 aliphatic rings. The lowest BCUT2D eigenvalue weighted by atomic mass is 9.90. The normalized spacial score (nSPS) is 19.6. The molecule has 2 saturated heterocycles. The number of nitrogens with one attached hydrogen (secondary N) is 1. The van der Waals surface area contributed by atoms with E-state index in [0.29, 0.717) is 36.9 Å². The smallest absolute Gasteiger partial charge is 0.410 e. The molecule has 0 bridgehead atoms. The molecule has 49 heavy (non-hydrogen) atoms. The molecule has 0 spiro atoms. The Balaban J connectivity index is 1.49. The number of benzene rings is 2. The number of nitrogens with zero attached hydrogens (tertiary/aromatic N) is 4. The van der Waals surface area contributed by atoms with Gasteiger partial charge in [-0.15, -0.1) is 0 Å². The molecule has 1 unspecified atom stereocenters. The molecule has 1 atom stereocenters. The van der Waals surface area contributed by atoms with Crippen LogP contribution in [-0.2, 0) is 16.1 Å². The number of piperazine rings is 2. The minimum Gasteiger partial charge on any atom is -0.480 e. The van der Waals surface area contributed by atoms with Crippen molar-refractivity contribution >= 4 is 40.9 Å². The highest BCUT2D eigenvalue weighted by Crippen LogP contribution is 2.33. The lowest BCUT2D eigenvalue weighted by Gasteiger charge is -2.47. The third kappa shape index (κ3) is 9.31. The van der Waals surface area contributed by atoms with Gasteiger partial charge >= 0.3 is 18.2 Å². The van der Waals surface area contributed by atoms with Gasteiger partial charge < -0.3 is 25.0 Å². The molecule has 0 saturated carbocycles. The van der Waals surface area contributed by atoms with Crippen molar-refractivity contribution in [3.05, 3.63) is 58.1 Å². The Kier molecular flexibility index (Phi) is 11.7. The van der Waals surface area contributed by atoms with Gasteiger partial charge in [0.25, 0.3) is 5.91 Å². The van der Waals surface area contributed by atoms with E-state index in [1.54, 1.807) is 38.7 Å². The van der Waals surface area contributed by atoms with Crippen molar-refractivity contribution in [1.82, 2.24) is 14.7 Å². The molecule has 2 aromatic rings. The van der Waals surface area contributed by atoms with Crippen molar-refractivity contribution in [2.45, 2.75) is 64.4 Å². The molecule has 2 N–H and O–H groups in total. The highest BCUT2D eigenvalue weighted by molar-refractivity contribution is 6.31. The maximum atomic E-state index is 15.5. The summed E-state index contributed by atoms with van der Waals surface area (Å²) in [5.41, 5.74) is -2.44. The molecule has 2 aliphatic heterocycles. The van der Waals surface area contributed by atoms with E-state index >= 15 is 8.78 Å². The molecule has 2 aromatic carbocycles. The Morgan fingerprint density at radius 2 is 1.65 bits per heavy atom. The number of alkyl halides is 3. The number of ether oxygens (including phenoxy) is 1. The first kappa shape index (κ1) is 38.1. The monoisotopic (exact) mass is 717 g/mol. The molecule has 2 amide bonds. The van der Waals surface area contributed by atoms with Crippen molar-refractivity contribution in [2.75, 3.05) is 62.6 Å².